The van der Waals surface area contributed by atoms with Gasteiger partial charge in [0.15, 0.2) is 0 Å². The Labute approximate surface area is 145 Å². The monoisotopic (exact) mass is 349 g/mol. The Bertz CT molecular complexity index is 638. The molecule has 1 aromatic heterocycles. The van der Waals surface area contributed by atoms with Crippen molar-refractivity contribution >= 4 is 29.2 Å². The average molecular weight is 349 g/mol. The van der Waals surface area contributed by atoms with Gasteiger partial charge in [-0.25, -0.2) is 4.79 Å². The van der Waals surface area contributed by atoms with Gasteiger partial charge in [0, 0.05) is 24.9 Å². The molecule has 1 saturated heterocycles. The van der Waals surface area contributed by atoms with Crippen LogP contribution in [0.4, 0.5) is 4.79 Å². The van der Waals surface area contributed by atoms with Crippen molar-refractivity contribution in [3.05, 3.63) is 22.4 Å². The molecule has 0 radical (unpaired) electrons. The van der Waals surface area contributed by atoms with Crippen molar-refractivity contribution in [3.8, 4) is 0 Å². The number of nitrogens with one attached hydrogen (secondary N) is 1. The second kappa shape index (κ2) is 6.55. The number of imide groups is 1. The van der Waals surface area contributed by atoms with Gasteiger partial charge in [-0.05, 0) is 31.2 Å². The summed E-state index contributed by atoms with van der Waals surface area (Å²) in [5, 5.41) is 4.83. The van der Waals surface area contributed by atoms with E-state index >= 15 is 0 Å². The summed E-state index contributed by atoms with van der Waals surface area (Å²) in [6.07, 6.45) is 3.48. The zero-order valence-electron chi connectivity index (χ0n) is 14.1. The largest absolute Gasteiger partial charge is 0.338 e. The van der Waals surface area contributed by atoms with E-state index in [-0.39, 0.29) is 36.9 Å². The number of amides is 4. The van der Waals surface area contributed by atoms with E-state index in [9.17, 15) is 14.4 Å². The molecule has 1 spiro atoms. The van der Waals surface area contributed by atoms with Gasteiger partial charge >= 0.3 is 6.03 Å². The average Bonchev–Trinajstić information content (AvgIpc) is 3.28. The molecule has 1 aliphatic carbocycles. The maximum atomic E-state index is 12.6. The maximum absolute atomic E-state index is 12.6. The molecule has 1 aliphatic heterocycles. The Balaban J connectivity index is 1.58. The Hall–Kier alpha value is -1.89. The molecular weight excluding hydrogens is 326 g/mol. The molecule has 6 nitrogen and oxygen atoms in total. The third-order valence-electron chi connectivity index (χ3n) is 5.18. The van der Waals surface area contributed by atoms with Crippen LogP contribution in [0.3, 0.4) is 0 Å². The van der Waals surface area contributed by atoms with Crippen LogP contribution in [0.2, 0.25) is 0 Å². The lowest BCUT2D eigenvalue weighted by atomic mass is 9.98. The fraction of sp³-hybridized carbons (Fsp3) is 0.588. The van der Waals surface area contributed by atoms with E-state index in [2.05, 4.69) is 5.32 Å². The predicted octanol–water partition coefficient (Wildman–Crippen LogP) is 2.52. The number of carbonyl (C=O) groups is 3. The van der Waals surface area contributed by atoms with Gasteiger partial charge in [0.25, 0.3) is 5.91 Å². The van der Waals surface area contributed by atoms with Gasteiger partial charge < -0.3 is 10.2 Å². The van der Waals surface area contributed by atoms with E-state index < -0.39 is 5.54 Å². The lowest BCUT2D eigenvalue weighted by Gasteiger charge is -2.25. The Morgan fingerprint density at radius 2 is 2.12 bits per heavy atom. The highest BCUT2D eigenvalue weighted by atomic mass is 32.1. The second-order valence-corrected chi connectivity index (χ2v) is 7.60. The van der Waals surface area contributed by atoms with Crippen LogP contribution in [-0.2, 0) is 9.59 Å². The summed E-state index contributed by atoms with van der Waals surface area (Å²) in [6.45, 7) is 2.12. The first kappa shape index (κ1) is 17.0. The molecule has 24 heavy (non-hydrogen) atoms. The highest BCUT2D eigenvalue weighted by molar-refractivity contribution is 7.10. The minimum atomic E-state index is -0.698. The van der Waals surface area contributed by atoms with Crippen LogP contribution in [0.25, 0.3) is 0 Å². The molecular formula is C17H23N3O3S. The van der Waals surface area contributed by atoms with Crippen molar-refractivity contribution in [2.24, 2.45) is 0 Å². The molecule has 130 valence electrons. The lowest BCUT2D eigenvalue weighted by molar-refractivity contribution is -0.134. The van der Waals surface area contributed by atoms with Crippen LogP contribution >= 0.6 is 11.3 Å². The van der Waals surface area contributed by atoms with E-state index in [0.29, 0.717) is 12.8 Å². The number of hydrogen-bond acceptors (Lipinski definition) is 4. The molecule has 1 N–H and O–H groups in total. The molecule has 7 heteroatoms. The molecule has 0 bridgehead atoms. The molecule has 2 fully saturated rings. The molecule has 2 heterocycles. The van der Waals surface area contributed by atoms with Crippen molar-refractivity contribution in [1.29, 1.82) is 0 Å². The number of carbonyl (C=O) groups excluding carboxylic acids is 3. The van der Waals surface area contributed by atoms with Crippen LogP contribution in [-0.4, -0.2) is 46.8 Å². The molecule has 4 amide bonds. The van der Waals surface area contributed by atoms with E-state index in [1.165, 1.54) is 4.90 Å². The summed E-state index contributed by atoms with van der Waals surface area (Å²) in [5.41, 5.74) is -0.698. The summed E-state index contributed by atoms with van der Waals surface area (Å²) in [5.74, 6) is -0.226. The highest BCUT2D eigenvalue weighted by Gasteiger charge is 2.52. The predicted molar refractivity (Wildman–Crippen MR) is 91.6 cm³/mol. The highest BCUT2D eigenvalue weighted by Crippen LogP contribution is 2.35. The fourth-order valence-electron chi connectivity index (χ4n) is 3.52. The molecule has 2 aliphatic rings. The van der Waals surface area contributed by atoms with Gasteiger partial charge in [0.05, 0.1) is 6.04 Å². The zero-order chi connectivity index (χ0) is 17.3. The minimum Gasteiger partial charge on any atom is -0.338 e. The van der Waals surface area contributed by atoms with Gasteiger partial charge in [-0.1, -0.05) is 18.9 Å². The van der Waals surface area contributed by atoms with Gasteiger partial charge in [-0.3, -0.25) is 14.5 Å². The Kier molecular flexibility index (Phi) is 4.62. The number of hydrogen-bond donors (Lipinski definition) is 1. The van der Waals surface area contributed by atoms with E-state index in [1.807, 2.05) is 24.4 Å². The van der Waals surface area contributed by atoms with Gasteiger partial charge in [0.2, 0.25) is 5.91 Å². The smallest absolute Gasteiger partial charge is 0.325 e. The third kappa shape index (κ3) is 2.92. The summed E-state index contributed by atoms with van der Waals surface area (Å²) in [6, 6.07) is 3.59. The standard InChI is InChI=1S/C17H23N3O3S/c1-12(13-6-5-11-24-13)19(2)14(21)7-10-20-15(22)17(18-16(20)23)8-3-4-9-17/h5-6,11-12H,3-4,7-10H2,1-2H3,(H,18,23). The van der Waals surface area contributed by atoms with E-state index in [0.717, 1.165) is 17.7 Å². The first-order chi connectivity index (χ1) is 11.4. The van der Waals surface area contributed by atoms with Crippen molar-refractivity contribution < 1.29 is 14.4 Å². The minimum absolute atomic E-state index is 0.0122. The van der Waals surface area contributed by atoms with Crippen molar-refractivity contribution in [3.63, 3.8) is 0 Å². The SMILES string of the molecule is CC(c1cccs1)N(C)C(=O)CCN1C(=O)NC2(CCCC2)C1=O. The van der Waals surface area contributed by atoms with E-state index in [1.54, 1.807) is 23.3 Å². The summed E-state index contributed by atoms with van der Waals surface area (Å²) in [4.78, 5) is 41.1. The van der Waals surface area contributed by atoms with Crippen molar-refractivity contribution in [2.75, 3.05) is 13.6 Å². The van der Waals surface area contributed by atoms with Crippen LogP contribution in [0.1, 0.15) is 49.9 Å². The zero-order valence-corrected chi connectivity index (χ0v) is 14.9. The first-order valence-electron chi connectivity index (χ1n) is 8.38. The third-order valence-corrected chi connectivity index (χ3v) is 6.22. The van der Waals surface area contributed by atoms with Crippen LogP contribution < -0.4 is 5.32 Å². The molecule has 0 aromatic carbocycles. The summed E-state index contributed by atoms with van der Waals surface area (Å²) >= 11 is 1.61. The molecule has 1 saturated carbocycles. The summed E-state index contributed by atoms with van der Waals surface area (Å²) in [7, 11) is 1.76. The van der Waals surface area contributed by atoms with Crippen molar-refractivity contribution in [2.45, 2.75) is 50.6 Å². The molecule has 1 atom stereocenters. The molecule has 1 aromatic rings. The number of rotatable bonds is 5. The Morgan fingerprint density at radius 3 is 2.75 bits per heavy atom. The van der Waals surface area contributed by atoms with Gasteiger partial charge in [0.1, 0.15) is 5.54 Å². The summed E-state index contributed by atoms with van der Waals surface area (Å²) < 4.78 is 0. The first-order valence-corrected chi connectivity index (χ1v) is 9.26. The van der Waals surface area contributed by atoms with Crippen molar-refractivity contribution in [1.82, 2.24) is 15.1 Å². The Morgan fingerprint density at radius 1 is 1.42 bits per heavy atom. The lowest BCUT2D eigenvalue weighted by Crippen LogP contribution is -2.44. The number of nitrogens with zero attached hydrogens (tertiary/aromatic N) is 2. The number of urea groups is 1. The maximum Gasteiger partial charge on any atom is 0.325 e. The van der Waals surface area contributed by atoms with Gasteiger partial charge in [-0.2, -0.15) is 0 Å². The fourth-order valence-corrected chi connectivity index (χ4v) is 4.34. The van der Waals surface area contributed by atoms with Gasteiger partial charge in [-0.15, -0.1) is 11.3 Å². The molecule has 1 unspecified atom stereocenters. The topological polar surface area (TPSA) is 69.7 Å². The molecule has 3 rings (SSSR count). The number of thiophene rings is 1. The van der Waals surface area contributed by atoms with Crippen LogP contribution in [0.15, 0.2) is 17.5 Å². The normalized spacial score (nSPS) is 20.5. The van der Waals surface area contributed by atoms with E-state index in [4.69, 9.17) is 0 Å². The second-order valence-electron chi connectivity index (χ2n) is 6.62. The van der Waals surface area contributed by atoms with Crippen LogP contribution in [0.5, 0.6) is 0 Å². The quantitative estimate of drug-likeness (QED) is 0.831. The van der Waals surface area contributed by atoms with Crippen LogP contribution in [0, 0.1) is 0 Å².